The minimum absolute atomic E-state index is 0.0249. The lowest BCUT2D eigenvalue weighted by molar-refractivity contribution is -0.132. The van der Waals surface area contributed by atoms with Crippen LogP contribution in [0, 0.1) is 5.82 Å². The number of hydrogen-bond acceptors (Lipinski definition) is 7. The van der Waals surface area contributed by atoms with Crippen molar-refractivity contribution in [2.45, 2.75) is 31.2 Å². The van der Waals surface area contributed by atoms with E-state index in [-0.39, 0.29) is 24.4 Å². The van der Waals surface area contributed by atoms with Crippen molar-refractivity contribution in [2.24, 2.45) is 0 Å². The van der Waals surface area contributed by atoms with Gasteiger partial charge >= 0.3 is 0 Å². The summed E-state index contributed by atoms with van der Waals surface area (Å²) in [7, 11) is 0. The second kappa shape index (κ2) is 7.26. The van der Waals surface area contributed by atoms with Crippen molar-refractivity contribution in [2.75, 3.05) is 19.7 Å². The third kappa shape index (κ3) is 3.82. The van der Waals surface area contributed by atoms with E-state index in [0.717, 1.165) is 25.1 Å². The van der Waals surface area contributed by atoms with Crippen LogP contribution in [0.1, 0.15) is 37.0 Å². The molecule has 1 saturated carbocycles. The zero-order valence-corrected chi connectivity index (χ0v) is 15.6. The highest BCUT2D eigenvalue weighted by Gasteiger charge is 2.31. The molecule has 1 amide bonds. The molecule has 0 spiro atoms. The number of amides is 1. The molecule has 1 aromatic carbocycles. The number of halogens is 1. The maximum absolute atomic E-state index is 12.9. The second-order valence-corrected chi connectivity index (χ2v) is 7.34. The van der Waals surface area contributed by atoms with E-state index in [1.165, 1.54) is 24.3 Å². The van der Waals surface area contributed by atoms with Crippen molar-refractivity contribution in [3.8, 4) is 17.3 Å². The summed E-state index contributed by atoms with van der Waals surface area (Å²) in [6, 6.07) is 5.62. The van der Waals surface area contributed by atoms with Crippen molar-refractivity contribution < 1.29 is 18.4 Å². The molecule has 1 aliphatic carbocycles. The molecule has 1 aliphatic heterocycles. The Morgan fingerprint density at radius 3 is 2.86 bits per heavy atom. The molecule has 3 heterocycles. The minimum atomic E-state index is -0.345. The Morgan fingerprint density at radius 2 is 2.07 bits per heavy atom. The van der Waals surface area contributed by atoms with Gasteiger partial charge < -0.3 is 14.2 Å². The van der Waals surface area contributed by atoms with Crippen LogP contribution in [-0.4, -0.2) is 55.6 Å². The van der Waals surface area contributed by atoms with Crippen LogP contribution in [0.3, 0.4) is 0 Å². The monoisotopic (exact) mass is 398 g/mol. The lowest BCUT2D eigenvalue weighted by Crippen LogP contribution is -2.33. The smallest absolute Gasteiger partial charge is 0.280 e. The molecule has 150 valence electrons. The van der Waals surface area contributed by atoms with Crippen molar-refractivity contribution in [3.05, 3.63) is 42.1 Å². The third-order valence-corrected chi connectivity index (χ3v) is 5.18. The normalized spacial score (nSPS) is 18.9. The third-order valence-electron chi connectivity index (χ3n) is 5.18. The first-order valence-corrected chi connectivity index (χ1v) is 9.57. The Kier molecular flexibility index (Phi) is 4.45. The van der Waals surface area contributed by atoms with Crippen LogP contribution in [0.4, 0.5) is 4.39 Å². The number of nitrogens with zero attached hydrogens (tertiary/aromatic N) is 6. The molecule has 2 fully saturated rings. The number of ether oxygens (including phenoxy) is 1. The minimum Gasteiger partial charge on any atom is -0.484 e. The number of rotatable bonds is 6. The fourth-order valence-corrected chi connectivity index (χ4v) is 3.35. The molecule has 1 saturated heterocycles. The van der Waals surface area contributed by atoms with Gasteiger partial charge in [0.05, 0.1) is 12.2 Å². The highest BCUT2D eigenvalue weighted by Crippen LogP contribution is 2.38. The fraction of sp³-hybridized carbons (Fsp3) is 0.421. The van der Waals surface area contributed by atoms with Gasteiger partial charge in [0.2, 0.25) is 0 Å². The Labute approximate surface area is 165 Å². The first kappa shape index (κ1) is 17.8. The van der Waals surface area contributed by atoms with E-state index < -0.39 is 0 Å². The number of aromatic nitrogens is 5. The summed E-state index contributed by atoms with van der Waals surface area (Å²) in [6.07, 6.45) is 4.74. The molecule has 0 unspecified atom stereocenters. The van der Waals surface area contributed by atoms with Crippen LogP contribution in [0.25, 0.3) is 11.6 Å². The Morgan fingerprint density at radius 1 is 1.24 bits per heavy atom. The van der Waals surface area contributed by atoms with Gasteiger partial charge in [-0.05, 0) is 43.5 Å². The van der Waals surface area contributed by atoms with E-state index in [1.807, 2.05) is 0 Å². The Balaban J connectivity index is 1.17. The van der Waals surface area contributed by atoms with Crippen LogP contribution < -0.4 is 4.74 Å². The molecular formula is C19H19FN6O3. The molecule has 2 aliphatic rings. The summed E-state index contributed by atoms with van der Waals surface area (Å²) < 4.78 is 25.4. The summed E-state index contributed by atoms with van der Waals surface area (Å²) in [5.74, 6) is 1.51. The highest BCUT2D eigenvalue weighted by molar-refractivity contribution is 5.78. The molecule has 3 aromatic rings. The van der Waals surface area contributed by atoms with Gasteiger partial charge in [0.15, 0.2) is 18.1 Å². The lowest BCUT2D eigenvalue weighted by Gasteiger charge is -2.16. The summed E-state index contributed by atoms with van der Waals surface area (Å²) in [5.41, 5.74) is 0.536. The van der Waals surface area contributed by atoms with E-state index in [1.54, 1.807) is 15.8 Å². The fourth-order valence-electron chi connectivity index (χ4n) is 3.35. The average molecular weight is 398 g/mol. The zero-order valence-electron chi connectivity index (χ0n) is 15.6. The van der Waals surface area contributed by atoms with Crippen molar-refractivity contribution in [1.82, 2.24) is 30.0 Å². The van der Waals surface area contributed by atoms with Gasteiger partial charge in [0.25, 0.3) is 11.8 Å². The molecule has 0 bridgehead atoms. The van der Waals surface area contributed by atoms with Crippen molar-refractivity contribution in [3.63, 3.8) is 0 Å². The quantitative estimate of drug-likeness (QED) is 0.628. The molecular weight excluding hydrogens is 379 g/mol. The average Bonchev–Trinajstić information content (AvgIpc) is 3.16. The van der Waals surface area contributed by atoms with Gasteiger partial charge in [-0.25, -0.2) is 9.07 Å². The van der Waals surface area contributed by atoms with E-state index in [2.05, 4.69) is 20.5 Å². The lowest BCUT2D eigenvalue weighted by atomic mass is 10.3. The highest BCUT2D eigenvalue weighted by atomic mass is 19.1. The van der Waals surface area contributed by atoms with Gasteiger partial charge in [-0.1, -0.05) is 10.4 Å². The molecule has 10 heteroatoms. The zero-order chi connectivity index (χ0) is 19.8. The number of likely N-dealkylation sites (tertiary alicyclic amines) is 1. The molecule has 29 heavy (non-hydrogen) atoms. The maximum atomic E-state index is 12.9. The van der Waals surface area contributed by atoms with Crippen LogP contribution in [-0.2, 0) is 4.79 Å². The predicted molar refractivity (Wildman–Crippen MR) is 97.4 cm³/mol. The van der Waals surface area contributed by atoms with Crippen LogP contribution in [0.2, 0.25) is 0 Å². The number of hydrogen-bond donors (Lipinski definition) is 0. The summed E-state index contributed by atoms with van der Waals surface area (Å²) in [5, 5.41) is 12.3. The molecule has 9 nitrogen and oxygen atoms in total. The van der Waals surface area contributed by atoms with Gasteiger partial charge in [-0.2, -0.15) is 4.98 Å². The molecule has 2 aromatic heterocycles. The largest absolute Gasteiger partial charge is 0.484 e. The van der Waals surface area contributed by atoms with Crippen molar-refractivity contribution >= 4 is 5.91 Å². The van der Waals surface area contributed by atoms with E-state index in [0.29, 0.717) is 36.3 Å². The van der Waals surface area contributed by atoms with Gasteiger partial charge in [-0.3, -0.25) is 4.79 Å². The van der Waals surface area contributed by atoms with Crippen LogP contribution in [0.5, 0.6) is 5.75 Å². The number of carbonyl (C=O) groups excluding carboxylic acids is 1. The predicted octanol–water partition coefficient (Wildman–Crippen LogP) is 2.20. The van der Waals surface area contributed by atoms with Crippen LogP contribution >= 0.6 is 0 Å². The number of carbonyl (C=O) groups is 1. The molecule has 0 N–H and O–H groups in total. The van der Waals surface area contributed by atoms with Crippen molar-refractivity contribution in [1.29, 1.82) is 0 Å². The maximum Gasteiger partial charge on any atom is 0.280 e. The van der Waals surface area contributed by atoms with Crippen LogP contribution in [0.15, 0.2) is 35.0 Å². The first-order chi connectivity index (χ1) is 14.2. The topological polar surface area (TPSA) is 99.2 Å². The first-order valence-electron chi connectivity index (χ1n) is 9.57. The van der Waals surface area contributed by atoms with Gasteiger partial charge in [-0.15, -0.1) is 5.10 Å². The SMILES string of the molecule is O=C(COc1ccc(F)cc1)N1CC[C@@H](n2cc(-c3nc(C4CC4)no3)nn2)C1. The Hall–Kier alpha value is -3.30. The standard InChI is InChI=1S/C19H19FN6O3/c20-13-3-5-15(6-4-13)28-11-17(27)25-8-7-14(9-25)26-10-16(22-24-26)19-21-18(23-29-19)12-1-2-12/h3-6,10,12,14H,1-2,7-9,11H2/t14-/m1/s1. The summed E-state index contributed by atoms with van der Waals surface area (Å²) in [6.45, 7) is 1.04. The van der Waals surface area contributed by atoms with Gasteiger partial charge in [0.1, 0.15) is 11.6 Å². The van der Waals surface area contributed by atoms with E-state index >= 15 is 0 Å². The summed E-state index contributed by atoms with van der Waals surface area (Å²) >= 11 is 0. The molecule has 1 atom stereocenters. The Bertz CT molecular complexity index is 1010. The van der Waals surface area contributed by atoms with E-state index in [4.69, 9.17) is 9.26 Å². The van der Waals surface area contributed by atoms with E-state index in [9.17, 15) is 9.18 Å². The molecule has 0 radical (unpaired) electrons. The summed E-state index contributed by atoms with van der Waals surface area (Å²) in [4.78, 5) is 18.5. The molecule has 5 rings (SSSR count). The number of benzene rings is 1. The second-order valence-electron chi connectivity index (χ2n) is 7.34. The van der Waals surface area contributed by atoms with Gasteiger partial charge in [0, 0.05) is 19.0 Å².